The van der Waals surface area contributed by atoms with E-state index < -0.39 is 0 Å². The largest absolute Gasteiger partial charge is 0.336 e. The lowest BCUT2D eigenvalue weighted by molar-refractivity contribution is -0.114. The molecule has 148 valence electrons. The van der Waals surface area contributed by atoms with Crippen molar-refractivity contribution in [1.29, 1.82) is 0 Å². The summed E-state index contributed by atoms with van der Waals surface area (Å²) in [5, 5.41) is 3.99. The van der Waals surface area contributed by atoms with Gasteiger partial charge in [-0.05, 0) is 48.7 Å². The first kappa shape index (κ1) is 22.3. The number of hydrogen-bond donors (Lipinski definition) is 1. The van der Waals surface area contributed by atoms with E-state index in [1.54, 1.807) is 6.20 Å². The fourth-order valence-electron chi connectivity index (χ4n) is 2.84. The second kappa shape index (κ2) is 11.1. The van der Waals surface area contributed by atoms with Gasteiger partial charge in [0.2, 0.25) is 5.91 Å². The average molecular weight is 436 g/mol. The smallest absolute Gasteiger partial charge is 0.221 e. The molecule has 0 spiro atoms. The van der Waals surface area contributed by atoms with Gasteiger partial charge in [0.15, 0.2) is 0 Å². The summed E-state index contributed by atoms with van der Waals surface area (Å²) < 4.78 is 2.11. The number of nitrogens with zero attached hydrogens (tertiary/aromatic N) is 2. The van der Waals surface area contributed by atoms with Crippen molar-refractivity contribution in [3.05, 3.63) is 77.8 Å². The zero-order valence-electron chi connectivity index (χ0n) is 15.5. The van der Waals surface area contributed by atoms with Crippen LogP contribution in [0.4, 0.5) is 5.69 Å². The van der Waals surface area contributed by atoms with Gasteiger partial charge in [-0.15, -0.1) is 24.2 Å². The predicted octanol–water partition coefficient (Wildman–Crippen LogP) is 5.71. The third-order valence-corrected chi connectivity index (χ3v) is 5.60. The van der Waals surface area contributed by atoms with Crippen molar-refractivity contribution >= 4 is 47.4 Å². The molecule has 0 bridgehead atoms. The second-order valence-electron chi connectivity index (χ2n) is 6.37. The first-order chi connectivity index (χ1) is 13.1. The molecule has 3 aromatic rings. The Bertz CT molecular complexity index is 870. The van der Waals surface area contributed by atoms with Gasteiger partial charge in [-0.2, -0.15) is 0 Å². The molecule has 0 fully saturated rings. The van der Waals surface area contributed by atoms with Gasteiger partial charge in [0.1, 0.15) is 0 Å². The molecule has 3 rings (SSSR count). The number of amides is 1. The van der Waals surface area contributed by atoms with Gasteiger partial charge in [-0.1, -0.05) is 29.8 Å². The van der Waals surface area contributed by atoms with Crippen molar-refractivity contribution in [1.82, 2.24) is 9.55 Å². The monoisotopic (exact) mass is 435 g/mol. The number of carbonyl (C=O) groups is 1. The molecule has 2 aromatic carbocycles. The molecule has 0 aliphatic carbocycles. The number of benzene rings is 2. The number of nitrogens with one attached hydrogen (secondary N) is 1. The molecule has 0 saturated heterocycles. The normalized spacial score (nSPS) is 11.5. The quantitative estimate of drug-likeness (QED) is 0.460. The number of imidazole rings is 1. The van der Waals surface area contributed by atoms with Crippen molar-refractivity contribution < 1.29 is 4.79 Å². The third-order valence-electron chi connectivity index (χ3n) is 4.10. The highest BCUT2D eigenvalue weighted by molar-refractivity contribution is 8.00. The summed E-state index contributed by atoms with van der Waals surface area (Å²) in [5.74, 6) is -0.0603. The lowest BCUT2D eigenvalue weighted by Crippen LogP contribution is -2.13. The summed E-state index contributed by atoms with van der Waals surface area (Å²) >= 11 is 7.81. The first-order valence-corrected chi connectivity index (χ1v) is 10.1. The standard InChI is InChI=1S/C21H22ClN3OS.ClH/c1-16(26)24-19-3-2-4-20(13-19)27-21(14-25-12-11-23-15-25)10-7-17-5-8-18(22)9-6-17;/h2-6,8-9,11-13,15,21H,7,10,14H2,1H3,(H,24,26);1H. The van der Waals surface area contributed by atoms with Crippen LogP contribution in [0.2, 0.25) is 5.02 Å². The Kier molecular flexibility index (Phi) is 8.90. The minimum atomic E-state index is -0.0603. The van der Waals surface area contributed by atoms with E-state index in [0.717, 1.165) is 35.0 Å². The van der Waals surface area contributed by atoms with Crippen molar-refractivity contribution in [3.63, 3.8) is 0 Å². The molecule has 1 heterocycles. The molecule has 1 atom stereocenters. The molecule has 0 aliphatic rings. The Morgan fingerprint density at radius 3 is 2.71 bits per heavy atom. The van der Waals surface area contributed by atoms with Crippen LogP contribution in [0.1, 0.15) is 18.9 Å². The van der Waals surface area contributed by atoms with Crippen LogP contribution in [0.5, 0.6) is 0 Å². The van der Waals surface area contributed by atoms with E-state index >= 15 is 0 Å². The highest BCUT2D eigenvalue weighted by Gasteiger charge is 2.13. The van der Waals surface area contributed by atoms with E-state index in [1.807, 2.05) is 54.6 Å². The van der Waals surface area contributed by atoms with Crippen LogP contribution >= 0.6 is 35.8 Å². The van der Waals surface area contributed by atoms with Crippen LogP contribution in [0.25, 0.3) is 0 Å². The number of rotatable bonds is 8. The predicted molar refractivity (Wildman–Crippen MR) is 120 cm³/mol. The van der Waals surface area contributed by atoms with Gasteiger partial charge in [-0.25, -0.2) is 4.98 Å². The molecule has 0 aliphatic heterocycles. The van der Waals surface area contributed by atoms with E-state index in [1.165, 1.54) is 12.5 Å². The number of carbonyl (C=O) groups excluding carboxylic acids is 1. The molecule has 4 nitrogen and oxygen atoms in total. The number of hydrogen-bond acceptors (Lipinski definition) is 3. The fraction of sp³-hybridized carbons (Fsp3) is 0.238. The average Bonchev–Trinajstić information content (AvgIpc) is 3.14. The Hall–Kier alpha value is -1.95. The number of halogens is 2. The summed E-state index contributed by atoms with van der Waals surface area (Å²) in [4.78, 5) is 16.6. The summed E-state index contributed by atoms with van der Waals surface area (Å²) in [7, 11) is 0. The first-order valence-electron chi connectivity index (χ1n) is 8.83. The van der Waals surface area contributed by atoms with Crippen LogP contribution in [-0.2, 0) is 17.8 Å². The second-order valence-corrected chi connectivity index (χ2v) is 8.18. The highest BCUT2D eigenvalue weighted by atomic mass is 35.5. The Labute approximate surface area is 181 Å². The third kappa shape index (κ3) is 7.23. The minimum absolute atomic E-state index is 0. The molecule has 1 amide bonds. The zero-order chi connectivity index (χ0) is 19.1. The Morgan fingerprint density at radius 1 is 1.25 bits per heavy atom. The molecule has 1 unspecified atom stereocenters. The molecule has 1 aromatic heterocycles. The fourth-order valence-corrected chi connectivity index (χ4v) is 4.18. The molecule has 0 saturated carbocycles. The molecule has 28 heavy (non-hydrogen) atoms. The Balaban J connectivity index is 0.00000280. The topological polar surface area (TPSA) is 46.9 Å². The molecule has 0 radical (unpaired) electrons. The number of thioether (sulfide) groups is 1. The molecular weight excluding hydrogens is 413 g/mol. The van der Waals surface area contributed by atoms with Gasteiger partial charge in [0, 0.05) is 46.7 Å². The van der Waals surface area contributed by atoms with Crippen LogP contribution in [0, 0.1) is 0 Å². The van der Waals surface area contributed by atoms with Crippen molar-refractivity contribution in [2.75, 3.05) is 5.32 Å². The molecule has 1 N–H and O–H groups in total. The van der Waals surface area contributed by atoms with Crippen LogP contribution in [0.15, 0.2) is 72.1 Å². The number of anilines is 1. The Morgan fingerprint density at radius 2 is 2.04 bits per heavy atom. The number of aryl methyl sites for hydroxylation is 1. The SMILES string of the molecule is CC(=O)Nc1cccc(SC(CCc2ccc(Cl)cc2)Cn2ccnc2)c1.Cl. The van der Waals surface area contributed by atoms with Crippen LogP contribution < -0.4 is 5.32 Å². The lowest BCUT2D eigenvalue weighted by Gasteiger charge is -2.18. The molecule has 7 heteroatoms. The van der Waals surface area contributed by atoms with Crippen molar-refractivity contribution in [2.45, 2.75) is 36.5 Å². The maximum absolute atomic E-state index is 11.3. The lowest BCUT2D eigenvalue weighted by atomic mass is 10.1. The van der Waals surface area contributed by atoms with Gasteiger partial charge >= 0.3 is 0 Å². The zero-order valence-corrected chi connectivity index (χ0v) is 17.9. The maximum atomic E-state index is 11.3. The summed E-state index contributed by atoms with van der Waals surface area (Å²) in [6.07, 6.45) is 7.65. The summed E-state index contributed by atoms with van der Waals surface area (Å²) in [6, 6.07) is 16.0. The summed E-state index contributed by atoms with van der Waals surface area (Å²) in [5.41, 5.74) is 2.11. The van der Waals surface area contributed by atoms with Gasteiger partial charge in [-0.3, -0.25) is 4.79 Å². The van der Waals surface area contributed by atoms with Crippen molar-refractivity contribution in [2.24, 2.45) is 0 Å². The maximum Gasteiger partial charge on any atom is 0.221 e. The minimum Gasteiger partial charge on any atom is -0.336 e. The van der Waals surface area contributed by atoms with Crippen molar-refractivity contribution in [3.8, 4) is 0 Å². The van der Waals surface area contributed by atoms with E-state index in [2.05, 4.69) is 33.1 Å². The van der Waals surface area contributed by atoms with Gasteiger partial charge in [0.05, 0.1) is 6.33 Å². The molecular formula is C21H23Cl2N3OS. The van der Waals surface area contributed by atoms with Gasteiger partial charge < -0.3 is 9.88 Å². The highest BCUT2D eigenvalue weighted by Crippen LogP contribution is 2.29. The van der Waals surface area contributed by atoms with E-state index in [9.17, 15) is 4.79 Å². The van der Waals surface area contributed by atoms with Crippen LogP contribution in [0.3, 0.4) is 0 Å². The summed E-state index contributed by atoms with van der Waals surface area (Å²) in [6.45, 7) is 2.40. The van der Waals surface area contributed by atoms with E-state index in [-0.39, 0.29) is 18.3 Å². The number of aromatic nitrogens is 2. The van der Waals surface area contributed by atoms with E-state index in [0.29, 0.717) is 5.25 Å². The van der Waals surface area contributed by atoms with Crippen LogP contribution in [-0.4, -0.2) is 20.7 Å². The van der Waals surface area contributed by atoms with Gasteiger partial charge in [0.25, 0.3) is 0 Å². The van der Waals surface area contributed by atoms with E-state index in [4.69, 9.17) is 11.6 Å².